The number of carbonyl (C=O) groups is 1. The third kappa shape index (κ3) is 3.58. The molecule has 2 N–H and O–H groups in total. The molecule has 110 valence electrons. The number of ether oxygens (including phenoxy) is 1. The third-order valence-electron chi connectivity index (χ3n) is 3.39. The fourth-order valence-electron chi connectivity index (χ4n) is 2.24. The summed E-state index contributed by atoms with van der Waals surface area (Å²) in [5.74, 6) is -0.110. The first-order chi connectivity index (χ1) is 9.40. The van der Waals surface area contributed by atoms with Crippen LogP contribution in [-0.2, 0) is 22.1 Å². The van der Waals surface area contributed by atoms with Gasteiger partial charge in [0.25, 0.3) is 0 Å². The molecule has 1 aromatic rings. The van der Waals surface area contributed by atoms with Crippen molar-refractivity contribution >= 4 is 5.78 Å². The maximum absolute atomic E-state index is 12.4. The van der Waals surface area contributed by atoms with E-state index < -0.39 is 17.8 Å². The first kappa shape index (κ1) is 15.0. The van der Waals surface area contributed by atoms with E-state index >= 15 is 0 Å². The molecule has 1 fully saturated rings. The van der Waals surface area contributed by atoms with E-state index in [4.69, 9.17) is 10.5 Å². The quantitative estimate of drug-likeness (QED) is 0.924. The van der Waals surface area contributed by atoms with Gasteiger partial charge in [-0.25, -0.2) is 0 Å². The van der Waals surface area contributed by atoms with Gasteiger partial charge in [-0.05, 0) is 30.5 Å². The molecular formula is C14H16F3NO2. The number of rotatable bonds is 4. The van der Waals surface area contributed by atoms with Crippen LogP contribution in [0.1, 0.15) is 24.0 Å². The molecule has 1 heterocycles. The topological polar surface area (TPSA) is 52.3 Å². The van der Waals surface area contributed by atoms with Crippen molar-refractivity contribution in [1.29, 1.82) is 0 Å². The summed E-state index contributed by atoms with van der Waals surface area (Å²) in [7, 11) is 0. The Hall–Kier alpha value is -1.40. The maximum atomic E-state index is 12.4. The normalized spacial score (nSPS) is 23.0. The lowest BCUT2D eigenvalue weighted by Gasteiger charge is -2.12. The first-order valence-electron chi connectivity index (χ1n) is 6.44. The molecule has 2 rings (SSSR count). The Morgan fingerprint density at radius 1 is 1.25 bits per heavy atom. The molecule has 0 aromatic heterocycles. The summed E-state index contributed by atoms with van der Waals surface area (Å²) in [6.07, 6.45) is -3.46. The van der Waals surface area contributed by atoms with Crippen LogP contribution in [0.2, 0.25) is 0 Å². The summed E-state index contributed by atoms with van der Waals surface area (Å²) >= 11 is 0. The van der Waals surface area contributed by atoms with Gasteiger partial charge < -0.3 is 10.5 Å². The van der Waals surface area contributed by atoms with Gasteiger partial charge in [-0.15, -0.1) is 0 Å². The molecule has 3 nitrogen and oxygen atoms in total. The number of hydrogen-bond donors (Lipinski definition) is 1. The maximum Gasteiger partial charge on any atom is 0.416 e. The zero-order valence-electron chi connectivity index (χ0n) is 10.8. The van der Waals surface area contributed by atoms with E-state index in [9.17, 15) is 18.0 Å². The van der Waals surface area contributed by atoms with Gasteiger partial charge in [-0.2, -0.15) is 13.2 Å². The molecule has 0 saturated carbocycles. The van der Waals surface area contributed by atoms with Crippen LogP contribution in [0, 0.1) is 0 Å². The van der Waals surface area contributed by atoms with Crippen molar-refractivity contribution in [3.63, 3.8) is 0 Å². The lowest BCUT2D eigenvalue weighted by atomic mass is 10.0. The van der Waals surface area contributed by atoms with E-state index in [2.05, 4.69) is 0 Å². The fraction of sp³-hybridized carbons (Fsp3) is 0.500. The Labute approximate surface area is 114 Å². The van der Waals surface area contributed by atoms with Gasteiger partial charge in [0, 0.05) is 13.0 Å². The van der Waals surface area contributed by atoms with Crippen LogP contribution >= 0.6 is 0 Å². The van der Waals surface area contributed by atoms with Crippen molar-refractivity contribution in [3.05, 3.63) is 35.4 Å². The van der Waals surface area contributed by atoms with Gasteiger partial charge in [0.1, 0.15) is 6.10 Å². The summed E-state index contributed by atoms with van der Waals surface area (Å²) in [5.41, 5.74) is 5.31. The number of nitrogens with two attached hydrogens (primary N) is 1. The minimum absolute atomic E-state index is 0.0834. The van der Waals surface area contributed by atoms with E-state index in [0.717, 1.165) is 18.6 Å². The molecule has 0 bridgehead atoms. The number of ketones is 1. The molecule has 6 heteroatoms. The average molecular weight is 287 g/mol. The van der Waals surface area contributed by atoms with Gasteiger partial charge in [0.2, 0.25) is 0 Å². The lowest BCUT2D eigenvalue weighted by molar-refractivity contribution is -0.137. The first-order valence-corrected chi connectivity index (χ1v) is 6.44. The molecule has 0 spiro atoms. The Kier molecular flexibility index (Phi) is 4.45. The molecule has 1 saturated heterocycles. The van der Waals surface area contributed by atoms with E-state index in [1.165, 1.54) is 12.1 Å². The fourth-order valence-corrected chi connectivity index (χ4v) is 2.24. The zero-order chi connectivity index (χ0) is 14.8. The van der Waals surface area contributed by atoms with Crippen LogP contribution in [0.25, 0.3) is 0 Å². The van der Waals surface area contributed by atoms with Gasteiger partial charge in [0.05, 0.1) is 11.7 Å². The molecular weight excluding hydrogens is 271 g/mol. The molecule has 0 aliphatic carbocycles. The van der Waals surface area contributed by atoms with Crippen LogP contribution < -0.4 is 5.73 Å². The van der Waals surface area contributed by atoms with Crippen LogP contribution in [-0.4, -0.2) is 24.5 Å². The second-order valence-electron chi connectivity index (χ2n) is 4.90. The van der Waals surface area contributed by atoms with Crippen LogP contribution in [0.4, 0.5) is 13.2 Å². The van der Waals surface area contributed by atoms with Crippen molar-refractivity contribution in [1.82, 2.24) is 0 Å². The molecule has 20 heavy (non-hydrogen) atoms. The van der Waals surface area contributed by atoms with Crippen molar-refractivity contribution < 1.29 is 22.7 Å². The van der Waals surface area contributed by atoms with Crippen molar-refractivity contribution in [2.24, 2.45) is 5.73 Å². The van der Waals surface area contributed by atoms with Crippen molar-refractivity contribution in [2.45, 2.75) is 37.6 Å². The van der Waals surface area contributed by atoms with E-state index in [1.54, 1.807) is 0 Å². The summed E-state index contributed by atoms with van der Waals surface area (Å²) in [5, 5.41) is 0. The smallest absolute Gasteiger partial charge is 0.366 e. The summed E-state index contributed by atoms with van der Waals surface area (Å²) in [4.78, 5) is 12.0. The minimum atomic E-state index is -4.36. The molecule has 0 radical (unpaired) electrons. The SMILES string of the molecule is NCC1CCC(C(=O)Cc2ccc(C(F)(F)F)cc2)O1. The van der Waals surface area contributed by atoms with E-state index in [-0.39, 0.29) is 18.3 Å². The van der Waals surface area contributed by atoms with Gasteiger partial charge in [-0.1, -0.05) is 12.1 Å². The van der Waals surface area contributed by atoms with Crippen LogP contribution in [0.15, 0.2) is 24.3 Å². The van der Waals surface area contributed by atoms with Gasteiger partial charge in [-0.3, -0.25) is 4.79 Å². The highest BCUT2D eigenvalue weighted by Crippen LogP contribution is 2.29. The number of halogens is 3. The monoisotopic (exact) mass is 287 g/mol. The standard InChI is InChI=1S/C14H16F3NO2/c15-14(16,17)10-3-1-9(2-4-10)7-12(19)13-6-5-11(8-18)20-13/h1-4,11,13H,5-8,18H2. The number of benzene rings is 1. The molecule has 2 atom stereocenters. The Morgan fingerprint density at radius 2 is 1.90 bits per heavy atom. The predicted molar refractivity (Wildman–Crippen MR) is 67.1 cm³/mol. The Bertz CT molecular complexity index is 470. The molecule has 1 aliphatic rings. The highest BCUT2D eigenvalue weighted by atomic mass is 19.4. The van der Waals surface area contributed by atoms with Crippen LogP contribution in [0.3, 0.4) is 0 Å². The second kappa shape index (κ2) is 5.93. The summed E-state index contributed by atoms with van der Waals surface area (Å²) < 4.78 is 42.7. The molecule has 1 aliphatic heterocycles. The second-order valence-corrected chi connectivity index (χ2v) is 4.90. The highest BCUT2D eigenvalue weighted by Gasteiger charge is 2.31. The average Bonchev–Trinajstić information content (AvgIpc) is 2.87. The molecule has 1 aromatic carbocycles. The highest BCUT2D eigenvalue weighted by molar-refractivity contribution is 5.85. The van der Waals surface area contributed by atoms with Gasteiger partial charge in [0.15, 0.2) is 5.78 Å². The van der Waals surface area contributed by atoms with Crippen LogP contribution in [0.5, 0.6) is 0 Å². The summed E-state index contributed by atoms with van der Waals surface area (Å²) in [6.45, 7) is 0.379. The number of Topliss-reactive ketones (excluding diaryl/α,β-unsaturated/α-hetero) is 1. The number of carbonyl (C=O) groups excluding carboxylic acids is 1. The number of alkyl halides is 3. The van der Waals surface area contributed by atoms with Crippen molar-refractivity contribution in [3.8, 4) is 0 Å². The molecule has 2 unspecified atom stereocenters. The zero-order valence-corrected chi connectivity index (χ0v) is 10.8. The Morgan fingerprint density at radius 3 is 2.40 bits per heavy atom. The van der Waals surface area contributed by atoms with E-state index in [0.29, 0.717) is 18.5 Å². The lowest BCUT2D eigenvalue weighted by Crippen LogP contribution is -2.26. The minimum Gasteiger partial charge on any atom is -0.366 e. The van der Waals surface area contributed by atoms with Crippen molar-refractivity contribution in [2.75, 3.05) is 6.54 Å². The summed E-state index contributed by atoms with van der Waals surface area (Å²) in [6, 6.07) is 4.63. The largest absolute Gasteiger partial charge is 0.416 e. The predicted octanol–water partition coefficient (Wildman–Crippen LogP) is 2.32. The number of hydrogen-bond acceptors (Lipinski definition) is 3. The third-order valence-corrected chi connectivity index (χ3v) is 3.39. The van der Waals surface area contributed by atoms with E-state index in [1.807, 2.05) is 0 Å². The van der Waals surface area contributed by atoms with Gasteiger partial charge >= 0.3 is 6.18 Å². The molecule has 0 amide bonds. The Balaban J connectivity index is 1.95.